The zero-order valence-electron chi connectivity index (χ0n) is 13.4. The van der Waals surface area contributed by atoms with Gasteiger partial charge in [0.1, 0.15) is 0 Å². The summed E-state index contributed by atoms with van der Waals surface area (Å²) >= 11 is 13.4. The molecule has 0 unspecified atom stereocenters. The van der Waals surface area contributed by atoms with Crippen LogP contribution in [0.3, 0.4) is 0 Å². The summed E-state index contributed by atoms with van der Waals surface area (Å²) in [5, 5.41) is 4.22. The van der Waals surface area contributed by atoms with Crippen LogP contribution in [-0.2, 0) is 4.79 Å². The Bertz CT molecular complexity index is 522. The third-order valence-electron chi connectivity index (χ3n) is 3.82. The van der Waals surface area contributed by atoms with Gasteiger partial charge in [0.25, 0.3) is 0 Å². The molecule has 0 spiro atoms. The normalized spacial score (nSPS) is 16.5. The van der Waals surface area contributed by atoms with Crippen LogP contribution in [0.25, 0.3) is 0 Å². The molecule has 0 radical (unpaired) electrons. The van der Waals surface area contributed by atoms with Crippen molar-refractivity contribution < 1.29 is 4.79 Å². The van der Waals surface area contributed by atoms with Gasteiger partial charge >= 0.3 is 0 Å². The standard InChI is InChI=1S/C16H23Cl2N3OS/c1-20-7-9-21(10-8-20)6-2-5-19-16(22)12-23-15-11-13(17)3-4-14(15)18/h3-4,11H,2,5-10,12H2,1H3,(H,19,22). The average Bonchev–Trinajstić information content (AvgIpc) is 2.54. The number of nitrogens with zero attached hydrogens (tertiary/aromatic N) is 2. The van der Waals surface area contributed by atoms with Crippen LogP contribution in [0.4, 0.5) is 0 Å². The highest BCUT2D eigenvalue weighted by Crippen LogP contribution is 2.29. The van der Waals surface area contributed by atoms with E-state index in [4.69, 9.17) is 23.2 Å². The number of carbonyl (C=O) groups is 1. The Labute approximate surface area is 152 Å². The highest BCUT2D eigenvalue weighted by atomic mass is 35.5. The Balaban J connectivity index is 1.59. The molecule has 4 nitrogen and oxygen atoms in total. The first-order chi connectivity index (χ1) is 11.0. The number of hydrogen-bond acceptors (Lipinski definition) is 4. The molecule has 1 amide bonds. The lowest BCUT2D eigenvalue weighted by Crippen LogP contribution is -2.45. The smallest absolute Gasteiger partial charge is 0.230 e. The second-order valence-corrected chi connectivity index (χ2v) is 7.57. The van der Waals surface area contributed by atoms with Gasteiger partial charge in [-0.1, -0.05) is 23.2 Å². The molecule has 1 N–H and O–H groups in total. The molecule has 128 valence electrons. The summed E-state index contributed by atoms with van der Waals surface area (Å²) in [6.07, 6.45) is 0.984. The number of piperazine rings is 1. The minimum absolute atomic E-state index is 0.0319. The molecular weight excluding hydrogens is 353 g/mol. The average molecular weight is 376 g/mol. The van der Waals surface area contributed by atoms with Gasteiger partial charge in [0.15, 0.2) is 0 Å². The van der Waals surface area contributed by atoms with Gasteiger partial charge in [-0.15, -0.1) is 11.8 Å². The number of hydrogen-bond donors (Lipinski definition) is 1. The summed E-state index contributed by atoms with van der Waals surface area (Å²) in [7, 11) is 2.15. The van der Waals surface area contributed by atoms with E-state index in [1.54, 1.807) is 18.2 Å². The molecule has 23 heavy (non-hydrogen) atoms. The highest BCUT2D eigenvalue weighted by Gasteiger charge is 2.13. The van der Waals surface area contributed by atoms with E-state index < -0.39 is 0 Å². The molecule has 0 atom stereocenters. The molecule has 1 fully saturated rings. The van der Waals surface area contributed by atoms with Gasteiger partial charge in [0.2, 0.25) is 5.91 Å². The van der Waals surface area contributed by atoms with Gasteiger partial charge in [-0.05, 0) is 38.2 Å². The number of likely N-dealkylation sites (N-methyl/N-ethyl adjacent to an activating group) is 1. The Morgan fingerprint density at radius 2 is 2.00 bits per heavy atom. The molecule has 0 bridgehead atoms. The highest BCUT2D eigenvalue weighted by molar-refractivity contribution is 8.00. The van der Waals surface area contributed by atoms with E-state index in [0.717, 1.165) is 50.6 Å². The van der Waals surface area contributed by atoms with Crippen LogP contribution in [-0.4, -0.2) is 67.8 Å². The largest absolute Gasteiger partial charge is 0.355 e. The maximum atomic E-state index is 11.9. The predicted molar refractivity (Wildman–Crippen MR) is 98.7 cm³/mol. The minimum atomic E-state index is 0.0319. The van der Waals surface area contributed by atoms with Gasteiger partial charge in [0.05, 0.1) is 10.8 Å². The van der Waals surface area contributed by atoms with Crippen molar-refractivity contribution in [1.82, 2.24) is 15.1 Å². The molecule has 0 aromatic heterocycles. The Hall–Kier alpha value is -0.460. The van der Waals surface area contributed by atoms with Gasteiger partial charge < -0.3 is 15.1 Å². The van der Waals surface area contributed by atoms with Crippen LogP contribution >= 0.6 is 35.0 Å². The van der Waals surface area contributed by atoms with Crippen molar-refractivity contribution in [3.05, 3.63) is 28.2 Å². The first-order valence-electron chi connectivity index (χ1n) is 7.80. The molecule has 1 aromatic rings. The number of carbonyl (C=O) groups excluding carboxylic acids is 1. The summed E-state index contributed by atoms with van der Waals surface area (Å²) in [5.74, 6) is 0.388. The van der Waals surface area contributed by atoms with Crippen molar-refractivity contribution in [3.63, 3.8) is 0 Å². The van der Waals surface area contributed by atoms with Crippen LogP contribution in [0.1, 0.15) is 6.42 Å². The lowest BCUT2D eigenvalue weighted by atomic mass is 10.3. The number of rotatable bonds is 7. The second kappa shape index (κ2) is 9.74. The predicted octanol–water partition coefficient (Wildman–Crippen LogP) is 2.84. The maximum absolute atomic E-state index is 11.9. The molecule has 7 heteroatoms. The Morgan fingerprint density at radius 3 is 2.74 bits per heavy atom. The third-order valence-corrected chi connectivity index (χ3v) is 5.55. The number of halogens is 2. The molecule has 1 saturated heterocycles. The van der Waals surface area contributed by atoms with Gasteiger partial charge in [-0.3, -0.25) is 4.79 Å². The van der Waals surface area contributed by atoms with Crippen molar-refractivity contribution >= 4 is 40.9 Å². The Morgan fingerprint density at radius 1 is 1.26 bits per heavy atom. The van der Waals surface area contributed by atoms with Crippen LogP contribution in [0, 0.1) is 0 Å². The summed E-state index contributed by atoms with van der Waals surface area (Å²) in [6, 6.07) is 5.28. The summed E-state index contributed by atoms with van der Waals surface area (Å²) in [6.45, 7) is 6.25. The molecule has 1 aliphatic heterocycles. The number of amides is 1. The molecule has 2 rings (SSSR count). The van der Waals surface area contributed by atoms with Crippen LogP contribution in [0.2, 0.25) is 10.0 Å². The lowest BCUT2D eigenvalue weighted by Gasteiger charge is -2.32. The summed E-state index contributed by atoms with van der Waals surface area (Å²) < 4.78 is 0. The molecule has 0 saturated carbocycles. The zero-order valence-corrected chi connectivity index (χ0v) is 15.7. The van der Waals surface area contributed by atoms with Gasteiger partial charge in [-0.2, -0.15) is 0 Å². The first-order valence-corrected chi connectivity index (χ1v) is 9.54. The molecule has 1 aliphatic rings. The van der Waals surface area contributed by atoms with E-state index in [1.807, 2.05) is 0 Å². The fourth-order valence-corrected chi connectivity index (χ4v) is 3.71. The van der Waals surface area contributed by atoms with Gasteiger partial charge in [-0.25, -0.2) is 0 Å². The van der Waals surface area contributed by atoms with Gasteiger partial charge in [0, 0.05) is 42.6 Å². The molecule has 0 aliphatic carbocycles. The number of benzene rings is 1. The fraction of sp³-hybridized carbons (Fsp3) is 0.562. The quantitative estimate of drug-likeness (QED) is 0.587. The molecule has 1 aromatic carbocycles. The van der Waals surface area contributed by atoms with E-state index in [2.05, 4.69) is 22.2 Å². The van der Waals surface area contributed by atoms with E-state index in [0.29, 0.717) is 15.8 Å². The fourth-order valence-electron chi connectivity index (χ4n) is 2.38. The van der Waals surface area contributed by atoms with E-state index in [1.165, 1.54) is 11.8 Å². The zero-order chi connectivity index (χ0) is 16.7. The SMILES string of the molecule is CN1CCN(CCCNC(=O)CSc2cc(Cl)ccc2Cl)CC1. The van der Waals surface area contributed by atoms with Crippen molar-refractivity contribution in [2.24, 2.45) is 0 Å². The lowest BCUT2D eigenvalue weighted by molar-refractivity contribution is -0.118. The maximum Gasteiger partial charge on any atom is 0.230 e. The summed E-state index contributed by atoms with van der Waals surface area (Å²) in [4.78, 5) is 17.5. The van der Waals surface area contributed by atoms with Crippen molar-refractivity contribution in [2.45, 2.75) is 11.3 Å². The van der Waals surface area contributed by atoms with E-state index >= 15 is 0 Å². The van der Waals surface area contributed by atoms with E-state index in [-0.39, 0.29) is 5.91 Å². The number of nitrogens with one attached hydrogen (secondary N) is 1. The molecule has 1 heterocycles. The Kier molecular flexibility index (Phi) is 7.99. The van der Waals surface area contributed by atoms with Crippen molar-refractivity contribution in [2.75, 3.05) is 52.1 Å². The van der Waals surface area contributed by atoms with Crippen molar-refractivity contribution in [3.8, 4) is 0 Å². The first kappa shape index (κ1) is 18.9. The monoisotopic (exact) mass is 375 g/mol. The summed E-state index contributed by atoms with van der Waals surface area (Å²) in [5.41, 5.74) is 0. The molecular formula is C16H23Cl2N3OS. The third kappa shape index (κ3) is 6.89. The van der Waals surface area contributed by atoms with Crippen LogP contribution < -0.4 is 5.32 Å². The van der Waals surface area contributed by atoms with E-state index in [9.17, 15) is 4.79 Å². The second-order valence-electron chi connectivity index (χ2n) is 5.71. The minimum Gasteiger partial charge on any atom is -0.355 e. The van der Waals surface area contributed by atoms with Crippen LogP contribution in [0.5, 0.6) is 0 Å². The van der Waals surface area contributed by atoms with Crippen LogP contribution in [0.15, 0.2) is 23.1 Å². The van der Waals surface area contributed by atoms with Crippen molar-refractivity contribution in [1.29, 1.82) is 0 Å². The number of thioether (sulfide) groups is 1. The topological polar surface area (TPSA) is 35.6 Å².